The van der Waals surface area contributed by atoms with Crippen molar-refractivity contribution in [3.8, 4) is 11.5 Å². The number of hydrogen-bond acceptors (Lipinski definition) is 4. The Kier molecular flexibility index (Phi) is 3.89. The zero-order chi connectivity index (χ0) is 12.2. The topological polar surface area (TPSA) is 65.0 Å². The van der Waals surface area contributed by atoms with E-state index in [-0.39, 0.29) is 0 Å². The first-order chi connectivity index (χ1) is 7.46. The monoisotopic (exact) mass is 243 g/mol. The molecule has 6 heteroatoms. The second kappa shape index (κ2) is 4.98. The summed E-state index contributed by atoms with van der Waals surface area (Å²) in [7, 11) is -0.347. The van der Waals surface area contributed by atoms with Gasteiger partial charge in [0.1, 0.15) is 11.5 Å². The van der Waals surface area contributed by atoms with Gasteiger partial charge in [0.2, 0.25) is 10.0 Å². The van der Waals surface area contributed by atoms with E-state index in [2.05, 4.69) is 4.40 Å². The van der Waals surface area contributed by atoms with E-state index in [1.165, 1.54) is 13.3 Å². The summed E-state index contributed by atoms with van der Waals surface area (Å²) < 4.78 is 35.2. The molecule has 0 spiro atoms. The van der Waals surface area contributed by atoms with Crippen molar-refractivity contribution in [2.75, 3.05) is 20.5 Å². The van der Waals surface area contributed by atoms with Gasteiger partial charge in [0.05, 0.1) is 26.7 Å². The van der Waals surface area contributed by atoms with Gasteiger partial charge in [0.15, 0.2) is 0 Å². The van der Waals surface area contributed by atoms with E-state index in [1.807, 2.05) is 0 Å². The molecule has 0 heterocycles. The molecule has 0 radical (unpaired) electrons. The highest BCUT2D eigenvalue weighted by molar-refractivity contribution is 7.89. The average molecular weight is 243 g/mol. The highest BCUT2D eigenvalue weighted by Crippen LogP contribution is 2.23. The zero-order valence-corrected chi connectivity index (χ0v) is 10.1. The first-order valence-corrected chi connectivity index (χ1v) is 6.28. The molecule has 0 N–H and O–H groups in total. The maximum absolute atomic E-state index is 10.9. The van der Waals surface area contributed by atoms with Gasteiger partial charge >= 0.3 is 0 Å². The summed E-state index contributed by atoms with van der Waals surface area (Å²) in [6.45, 7) is 0. The highest BCUT2D eigenvalue weighted by atomic mass is 32.2. The van der Waals surface area contributed by atoms with Crippen molar-refractivity contribution in [1.82, 2.24) is 0 Å². The van der Waals surface area contributed by atoms with Gasteiger partial charge in [-0.05, 0) is 12.1 Å². The molecule has 0 aliphatic carbocycles. The van der Waals surface area contributed by atoms with E-state index in [0.29, 0.717) is 17.1 Å². The molecule has 0 amide bonds. The fraction of sp³-hybridized carbons (Fsp3) is 0.300. The Morgan fingerprint density at radius 3 is 2.44 bits per heavy atom. The minimum Gasteiger partial charge on any atom is -0.497 e. The van der Waals surface area contributed by atoms with Gasteiger partial charge in [-0.15, -0.1) is 0 Å². The van der Waals surface area contributed by atoms with Gasteiger partial charge in [-0.1, -0.05) is 0 Å². The Morgan fingerprint density at radius 1 is 1.25 bits per heavy atom. The summed E-state index contributed by atoms with van der Waals surface area (Å²) >= 11 is 0. The summed E-state index contributed by atoms with van der Waals surface area (Å²) in [6, 6.07) is 5.03. The summed E-state index contributed by atoms with van der Waals surface area (Å²) in [5, 5.41) is 0. The van der Waals surface area contributed by atoms with E-state index in [4.69, 9.17) is 9.47 Å². The Balaban J connectivity index is 3.10. The third kappa shape index (κ3) is 3.54. The Hall–Kier alpha value is -1.56. The molecule has 1 aromatic rings. The van der Waals surface area contributed by atoms with Gasteiger partial charge in [-0.25, -0.2) is 8.42 Å². The molecule has 0 unspecified atom stereocenters. The third-order valence-electron chi connectivity index (χ3n) is 1.82. The van der Waals surface area contributed by atoms with E-state index in [9.17, 15) is 8.42 Å². The van der Waals surface area contributed by atoms with Crippen LogP contribution in [0.25, 0.3) is 0 Å². The van der Waals surface area contributed by atoms with Crippen molar-refractivity contribution >= 4 is 16.2 Å². The lowest BCUT2D eigenvalue weighted by Gasteiger charge is -2.06. The first-order valence-electron chi connectivity index (χ1n) is 4.43. The molecular formula is C10H13NO4S. The molecule has 0 bridgehead atoms. The number of rotatable bonds is 4. The van der Waals surface area contributed by atoms with Crippen molar-refractivity contribution in [2.24, 2.45) is 4.40 Å². The maximum atomic E-state index is 10.9. The smallest absolute Gasteiger partial charge is 0.250 e. The van der Waals surface area contributed by atoms with Gasteiger partial charge in [0, 0.05) is 11.6 Å². The van der Waals surface area contributed by atoms with Crippen LogP contribution >= 0.6 is 0 Å². The first kappa shape index (κ1) is 12.5. The zero-order valence-electron chi connectivity index (χ0n) is 9.30. The van der Waals surface area contributed by atoms with Gasteiger partial charge in [0.25, 0.3) is 0 Å². The molecular weight excluding hydrogens is 230 g/mol. The molecule has 1 rings (SSSR count). The van der Waals surface area contributed by atoms with Crippen LogP contribution in [0.3, 0.4) is 0 Å². The fourth-order valence-electron chi connectivity index (χ4n) is 1.08. The van der Waals surface area contributed by atoms with Crippen LogP contribution in [-0.4, -0.2) is 35.1 Å². The molecule has 0 aromatic heterocycles. The van der Waals surface area contributed by atoms with Crippen LogP contribution in [-0.2, 0) is 10.0 Å². The standard InChI is InChI=1S/C10H13NO4S/c1-14-9-5-4-8(10(6-9)15-2)7-11-16(3,12)13/h4-7H,1-3H3. The molecule has 88 valence electrons. The largest absolute Gasteiger partial charge is 0.497 e. The van der Waals surface area contributed by atoms with Crippen LogP contribution in [0.5, 0.6) is 11.5 Å². The van der Waals surface area contributed by atoms with Crippen LogP contribution in [0, 0.1) is 0 Å². The third-order valence-corrected chi connectivity index (χ3v) is 2.31. The number of methoxy groups -OCH3 is 2. The molecule has 0 fully saturated rings. The van der Waals surface area contributed by atoms with E-state index in [1.54, 1.807) is 25.3 Å². The molecule has 16 heavy (non-hydrogen) atoms. The molecule has 0 atom stereocenters. The Morgan fingerprint density at radius 2 is 1.94 bits per heavy atom. The van der Waals surface area contributed by atoms with Crippen molar-refractivity contribution in [2.45, 2.75) is 0 Å². The van der Waals surface area contributed by atoms with E-state index < -0.39 is 10.0 Å². The number of nitrogens with zero attached hydrogens (tertiary/aromatic N) is 1. The van der Waals surface area contributed by atoms with E-state index in [0.717, 1.165) is 6.26 Å². The predicted octanol–water partition coefficient (Wildman–Crippen LogP) is 1.08. The second-order valence-corrected chi connectivity index (χ2v) is 4.75. The van der Waals surface area contributed by atoms with Crippen LogP contribution in [0.15, 0.2) is 22.6 Å². The minimum atomic E-state index is -3.38. The minimum absolute atomic E-state index is 0.506. The average Bonchev–Trinajstić information content (AvgIpc) is 2.25. The summed E-state index contributed by atoms with van der Waals surface area (Å²) in [4.78, 5) is 0. The lowest BCUT2D eigenvalue weighted by atomic mass is 10.2. The summed E-state index contributed by atoms with van der Waals surface area (Å²) in [5.74, 6) is 1.14. The number of benzene rings is 1. The number of sulfonamides is 1. The molecule has 0 saturated heterocycles. The van der Waals surface area contributed by atoms with Crippen LogP contribution in [0.4, 0.5) is 0 Å². The lowest BCUT2D eigenvalue weighted by molar-refractivity contribution is 0.394. The fourth-order valence-corrected chi connectivity index (χ4v) is 1.38. The van der Waals surface area contributed by atoms with Crippen molar-refractivity contribution in [3.63, 3.8) is 0 Å². The number of hydrogen-bond donors (Lipinski definition) is 0. The quantitative estimate of drug-likeness (QED) is 0.742. The van der Waals surface area contributed by atoms with Crippen molar-refractivity contribution in [1.29, 1.82) is 0 Å². The number of ether oxygens (including phenoxy) is 2. The SMILES string of the molecule is COc1ccc(C=NS(C)(=O)=O)c(OC)c1. The van der Waals surface area contributed by atoms with Crippen LogP contribution < -0.4 is 9.47 Å². The Labute approximate surface area is 94.8 Å². The summed E-state index contributed by atoms with van der Waals surface area (Å²) in [5.41, 5.74) is 0.578. The van der Waals surface area contributed by atoms with Crippen LogP contribution in [0.2, 0.25) is 0 Å². The van der Waals surface area contributed by atoms with Gasteiger partial charge < -0.3 is 9.47 Å². The van der Waals surface area contributed by atoms with E-state index >= 15 is 0 Å². The maximum Gasteiger partial charge on any atom is 0.250 e. The normalized spacial score (nSPS) is 11.7. The summed E-state index contributed by atoms with van der Waals surface area (Å²) in [6.07, 6.45) is 2.27. The molecule has 1 aromatic carbocycles. The Bertz CT molecular complexity index is 494. The molecule has 0 saturated carbocycles. The predicted molar refractivity (Wildman–Crippen MR) is 62.0 cm³/mol. The molecule has 0 aliphatic rings. The van der Waals surface area contributed by atoms with Crippen molar-refractivity contribution in [3.05, 3.63) is 23.8 Å². The molecule has 5 nitrogen and oxygen atoms in total. The van der Waals surface area contributed by atoms with Gasteiger partial charge in [-0.2, -0.15) is 4.40 Å². The van der Waals surface area contributed by atoms with Crippen molar-refractivity contribution < 1.29 is 17.9 Å². The van der Waals surface area contributed by atoms with Crippen LogP contribution in [0.1, 0.15) is 5.56 Å². The lowest BCUT2D eigenvalue weighted by Crippen LogP contribution is -1.95. The van der Waals surface area contributed by atoms with Gasteiger partial charge in [-0.3, -0.25) is 0 Å². The second-order valence-electron chi connectivity index (χ2n) is 3.08. The highest BCUT2D eigenvalue weighted by Gasteiger charge is 2.03. The molecule has 0 aliphatic heterocycles.